The number of amides is 2. The summed E-state index contributed by atoms with van der Waals surface area (Å²) in [6, 6.07) is 12.1. The molecular formula is C23H31Cl2N7O2S. The van der Waals surface area contributed by atoms with E-state index in [0.717, 1.165) is 48.9 Å². The number of rotatable bonds is 7. The molecule has 1 atom stereocenters. The number of nitrogens with zero attached hydrogens (tertiary/aromatic N) is 5. The minimum absolute atomic E-state index is 0. The molecule has 0 spiro atoms. The van der Waals surface area contributed by atoms with Gasteiger partial charge in [0.15, 0.2) is 0 Å². The lowest BCUT2D eigenvalue weighted by atomic mass is 10.1. The van der Waals surface area contributed by atoms with Crippen molar-refractivity contribution in [2.45, 2.75) is 5.37 Å². The van der Waals surface area contributed by atoms with E-state index in [1.807, 2.05) is 59.6 Å². The van der Waals surface area contributed by atoms with Crippen molar-refractivity contribution in [2.24, 2.45) is 11.5 Å². The normalized spacial score (nSPS) is 17.8. The van der Waals surface area contributed by atoms with E-state index in [1.165, 1.54) is 0 Å². The van der Waals surface area contributed by atoms with E-state index in [-0.39, 0.29) is 42.6 Å². The zero-order valence-corrected chi connectivity index (χ0v) is 22.1. The first-order valence-electron chi connectivity index (χ1n) is 10.8. The third kappa shape index (κ3) is 6.32. The van der Waals surface area contributed by atoms with Crippen LogP contribution in [0.2, 0.25) is 0 Å². The first-order valence-corrected chi connectivity index (χ1v) is 11.7. The fourth-order valence-electron chi connectivity index (χ4n) is 4.17. The van der Waals surface area contributed by atoms with Gasteiger partial charge < -0.3 is 26.2 Å². The standard InChI is InChI=1S/C23H29N7O2S.2ClH/c1-27(2)21-13-16(7-8-26-21)23-30(19(15-33-23)22(25)32)18-6-4-3-5-17(18)29-11-9-28(10-12-29)14-20(24)31;;/h3-8,13,15,23H,9-12,14H2,1-2H3,(H2,24,31)(H2,25,32);2*1H. The fourth-order valence-corrected chi connectivity index (χ4v) is 5.31. The van der Waals surface area contributed by atoms with Crippen LogP contribution in [0.1, 0.15) is 10.9 Å². The summed E-state index contributed by atoms with van der Waals surface area (Å²) in [6.07, 6.45) is 1.79. The number of para-hydroxylation sites is 2. The molecule has 1 unspecified atom stereocenters. The maximum atomic E-state index is 12.4. The lowest BCUT2D eigenvalue weighted by Crippen LogP contribution is -2.49. The number of carbonyl (C=O) groups excluding carboxylic acids is 2. The molecule has 0 bridgehead atoms. The Kier molecular flexibility index (Phi) is 10.1. The van der Waals surface area contributed by atoms with E-state index < -0.39 is 5.91 Å². The Morgan fingerprint density at radius 1 is 1.06 bits per heavy atom. The summed E-state index contributed by atoms with van der Waals surface area (Å²) in [5, 5.41) is 1.69. The van der Waals surface area contributed by atoms with Gasteiger partial charge in [0.05, 0.1) is 17.9 Å². The molecular weight excluding hydrogens is 509 g/mol. The zero-order chi connectivity index (χ0) is 23.5. The van der Waals surface area contributed by atoms with Gasteiger partial charge in [-0.25, -0.2) is 4.98 Å². The highest BCUT2D eigenvalue weighted by molar-refractivity contribution is 8.02. The minimum Gasteiger partial charge on any atom is -0.369 e. The highest BCUT2D eigenvalue weighted by Gasteiger charge is 2.35. The molecule has 0 saturated carbocycles. The molecule has 1 aromatic carbocycles. The van der Waals surface area contributed by atoms with Crippen LogP contribution in [0.5, 0.6) is 0 Å². The lowest BCUT2D eigenvalue weighted by molar-refractivity contribution is -0.119. The maximum Gasteiger partial charge on any atom is 0.265 e. The zero-order valence-electron chi connectivity index (χ0n) is 19.7. The number of halogens is 2. The monoisotopic (exact) mass is 539 g/mol. The third-order valence-electron chi connectivity index (χ3n) is 5.80. The Morgan fingerprint density at radius 3 is 2.31 bits per heavy atom. The van der Waals surface area contributed by atoms with Crippen molar-refractivity contribution in [1.82, 2.24) is 9.88 Å². The number of aromatic nitrogens is 1. The van der Waals surface area contributed by atoms with Crippen LogP contribution in [-0.2, 0) is 9.59 Å². The average molecular weight is 541 g/mol. The molecule has 2 aliphatic rings. The molecule has 2 amide bonds. The third-order valence-corrected chi connectivity index (χ3v) is 6.90. The van der Waals surface area contributed by atoms with Gasteiger partial charge in [0.1, 0.15) is 16.9 Å². The van der Waals surface area contributed by atoms with Crippen LogP contribution < -0.4 is 26.2 Å². The number of pyridine rings is 1. The minimum atomic E-state index is -0.465. The summed E-state index contributed by atoms with van der Waals surface area (Å²) in [6.45, 7) is 3.26. The van der Waals surface area contributed by atoms with Gasteiger partial charge in [-0.3, -0.25) is 14.5 Å². The summed E-state index contributed by atoms with van der Waals surface area (Å²) in [5.41, 5.74) is 14.6. The van der Waals surface area contributed by atoms with E-state index >= 15 is 0 Å². The molecule has 1 fully saturated rings. The number of primary amides is 2. The number of nitrogens with two attached hydrogens (primary N) is 2. The Bertz CT molecular complexity index is 1080. The van der Waals surface area contributed by atoms with Gasteiger partial charge >= 0.3 is 0 Å². The van der Waals surface area contributed by atoms with Crippen molar-refractivity contribution >= 4 is 65.6 Å². The molecule has 190 valence electrons. The Morgan fingerprint density at radius 2 is 1.71 bits per heavy atom. The van der Waals surface area contributed by atoms with Gasteiger partial charge in [-0.15, -0.1) is 36.6 Å². The predicted octanol–water partition coefficient (Wildman–Crippen LogP) is 2.18. The molecule has 12 heteroatoms. The van der Waals surface area contributed by atoms with Crippen LogP contribution in [0.4, 0.5) is 17.2 Å². The van der Waals surface area contributed by atoms with E-state index in [9.17, 15) is 9.59 Å². The van der Waals surface area contributed by atoms with Crippen molar-refractivity contribution in [2.75, 3.05) is 61.5 Å². The maximum absolute atomic E-state index is 12.4. The summed E-state index contributed by atoms with van der Waals surface area (Å²) < 4.78 is 0. The molecule has 1 aromatic heterocycles. The van der Waals surface area contributed by atoms with E-state index in [2.05, 4.69) is 20.9 Å². The Balaban J connectivity index is 0.00000216. The van der Waals surface area contributed by atoms with Crippen LogP contribution in [0.15, 0.2) is 53.7 Å². The van der Waals surface area contributed by atoms with Gasteiger partial charge in [0.2, 0.25) is 5.91 Å². The van der Waals surface area contributed by atoms with Gasteiger partial charge in [-0.2, -0.15) is 0 Å². The van der Waals surface area contributed by atoms with Crippen molar-refractivity contribution < 1.29 is 9.59 Å². The second-order valence-electron chi connectivity index (χ2n) is 8.29. The molecule has 35 heavy (non-hydrogen) atoms. The molecule has 1 saturated heterocycles. The number of carbonyl (C=O) groups is 2. The Hall–Kier alpha value is -2.66. The van der Waals surface area contributed by atoms with Crippen molar-refractivity contribution in [3.05, 3.63) is 59.3 Å². The van der Waals surface area contributed by atoms with E-state index in [1.54, 1.807) is 18.0 Å². The number of hydrogen-bond acceptors (Lipinski definition) is 8. The summed E-state index contributed by atoms with van der Waals surface area (Å²) in [7, 11) is 3.90. The van der Waals surface area contributed by atoms with Gasteiger partial charge in [-0.05, 0) is 29.8 Å². The molecule has 9 nitrogen and oxygen atoms in total. The van der Waals surface area contributed by atoms with Gasteiger partial charge in [-0.1, -0.05) is 12.1 Å². The molecule has 2 aliphatic heterocycles. The van der Waals surface area contributed by atoms with Crippen LogP contribution in [-0.4, -0.2) is 68.5 Å². The smallest absolute Gasteiger partial charge is 0.265 e. The number of benzene rings is 1. The average Bonchev–Trinajstić information content (AvgIpc) is 3.25. The van der Waals surface area contributed by atoms with E-state index in [4.69, 9.17) is 11.5 Å². The summed E-state index contributed by atoms with van der Waals surface area (Å²) in [4.78, 5) is 36.4. The van der Waals surface area contributed by atoms with Crippen LogP contribution in [0.3, 0.4) is 0 Å². The largest absolute Gasteiger partial charge is 0.369 e. The highest BCUT2D eigenvalue weighted by atomic mass is 35.5. The topological polar surface area (TPSA) is 112 Å². The molecule has 3 heterocycles. The second kappa shape index (κ2) is 12.3. The first-order chi connectivity index (χ1) is 15.8. The number of thioether (sulfide) groups is 1. The fraction of sp³-hybridized carbons (Fsp3) is 0.348. The SMILES string of the molecule is CN(C)c1cc(C2SC=C(C(N)=O)N2c2ccccc2N2CCN(CC(N)=O)CC2)ccn1.Cl.Cl. The molecule has 0 radical (unpaired) electrons. The Labute approximate surface area is 222 Å². The molecule has 4 rings (SSSR count). The second-order valence-corrected chi connectivity index (χ2v) is 9.24. The number of hydrogen-bond donors (Lipinski definition) is 2. The number of anilines is 3. The first kappa shape index (κ1) is 28.6. The summed E-state index contributed by atoms with van der Waals surface area (Å²) in [5.74, 6) is 0.0684. The highest BCUT2D eigenvalue weighted by Crippen LogP contribution is 2.48. The van der Waals surface area contributed by atoms with Gasteiger partial charge in [0, 0.05) is 51.9 Å². The van der Waals surface area contributed by atoms with Crippen LogP contribution >= 0.6 is 36.6 Å². The predicted molar refractivity (Wildman–Crippen MR) is 147 cm³/mol. The van der Waals surface area contributed by atoms with E-state index in [0.29, 0.717) is 5.70 Å². The number of piperazine rings is 1. The quantitative estimate of drug-likeness (QED) is 0.550. The van der Waals surface area contributed by atoms with Gasteiger partial charge in [0.25, 0.3) is 5.91 Å². The van der Waals surface area contributed by atoms with Crippen molar-refractivity contribution in [3.8, 4) is 0 Å². The van der Waals surface area contributed by atoms with Crippen molar-refractivity contribution in [3.63, 3.8) is 0 Å². The molecule has 4 N–H and O–H groups in total. The van der Waals surface area contributed by atoms with Crippen LogP contribution in [0.25, 0.3) is 0 Å². The van der Waals surface area contributed by atoms with Crippen molar-refractivity contribution in [1.29, 1.82) is 0 Å². The molecule has 0 aliphatic carbocycles. The molecule has 2 aromatic rings. The lowest BCUT2D eigenvalue weighted by Gasteiger charge is -2.38. The van der Waals surface area contributed by atoms with Crippen LogP contribution in [0, 0.1) is 0 Å². The summed E-state index contributed by atoms with van der Waals surface area (Å²) >= 11 is 1.56.